The summed E-state index contributed by atoms with van der Waals surface area (Å²) in [7, 11) is 0. The maximum Gasteiger partial charge on any atom is 0.253 e. The van der Waals surface area contributed by atoms with Crippen molar-refractivity contribution in [3.8, 4) is 0 Å². The fourth-order valence-electron chi connectivity index (χ4n) is 3.70. The van der Waals surface area contributed by atoms with Gasteiger partial charge in [0.15, 0.2) is 0 Å². The largest absolute Gasteiger partial charge is 0.388 e. The molecule has 0 unspecified atom stereocenters. The highest BCUT2D eigenvalue weighted by Crippen LogP contribution is 2.27. The Labute approximate surface area is 177 Å². The van der Waals surface area contributed by atoms with Crippen LogP contribution in [0.4, 0.5) is 0 Å². The number of benzene rings is 2. The molecule has 0 aliphatic carbocycles. The summed E-state index contributed by atoms with van der Waals surface area (Å²) < 4.78 is 0. The molecule has 2 N–H and O–H groups in total. The van der Waals surface area contributed by atoms with Crippen LogP contribution in [0.15, 0.2) is 54.6 Å². The number of amides is 1. The molecule has 0 aromatic heterocycles. The average molecular weight is 417 g/mol. The molecule has 6 heteroatoms. The number of β-amino-alcohol motifs (C(OH)–C–C–N with tert-alkyl or cyclic N) is 1. The van der Waals surface area contributed by atoms with Crippen LogP contribution < -0.4 is 0 Å². The van der Waals surface area contributed by atoms with E-state index in [0.29, 0.717) is 36.6 Å². The number of aliphatic hydroxyl groups is 2. The number of hydrogen-bond donors (Lipinski definition) is 2. The lowest BCUT2D eigenvalue weighted by atomic mass is 9.87. The zero-order valence-corrected chi connectivity index (χ0v) is 17.7. The predicted molar refractivity (Wildman–Crippen MR) is 115 cm³/mol. The minimum Gasteiger partial charge on any atom is -0.388 e. The van der Waals surface area contributed by atoms with Gasteiger partial charge in [0.2, 0.25) is 0 Å². The molecule has 1 aliphatic rings. The van der Waals surface area contributed by atoms with Crippen LogP contribution in [0.5, 0.6) is 0 Å². The zero-order chi connectivity index (χ0) is 21.0. The molecule has 5 nitrogen and oxygen atoms in total. The first-order valence-electron chi connectivity index (χ1n) is 10.0. The Morgan fingerprint density at radius 2 is 1.86 bits per heavy atom. The first-order chi connectivity index (χ1) is 13.8. The van der Waals surface area contributed by atoms with E-state index in [1.807, 2.05) is 18.2 Å². The van der Waals surface area contributed by atoms with Crippen molar-refractivity contribution in [2.75, 3.05) is 19.6 Å². The highest BCUT2D eigenvalue weighted by molar-refractivity contribution is 6.30. The molecule has 0 spiro atoms. The summed E-state index contributed by atoms with van der Waals surface area (Å²) >= 11 is 5.89. The number of likely N-dealkylation sites (tertiary alicyclic amines) is 1. The monoisotopic (exact) mass is 416 g/mol. The number of carbonyl (C=O) groups is 1. The summed E-state index contributed by atoms with van der Waals surface area (Å²) in [5, 5.41) is 22.5. The van der Waals surface area contributed by atoms with Gasteiger partial charge in [-0.05, 0) is 50.1 Å². The van der Waals surface area contributed by atoms with Crippen LogP contribution in [0.3, 0.4) is 0 Å². The molecule has 1 heterocycles. The van der Waals surface area contributed by atoms with Crippen LogP contribution >= 0.6 is 11.6 Å². The average Bonchev–Trinajstić information content (AvgIpc) is 2.70. The molecule has 1 fully saturated rings. The number of piperidine rings is 1. The molecule has 0 bridgehead atoms. The van der Waals surface area contributed by atoms with E-state index in [2.05, 4.69) is 30.9 Å². The van der Waals surface area contributed by atoms with Gasteiger partial charge in [-0.3, -0.25) is 9.69 Å². The third-order valence-electron chi connectivity index (χ3n) is 5.64. The van der Waals surface area contributed by atoms with Crippen molar-refractivity contribution in [2.24, 2.45) is 0 Å². The zero-order valence-electron chi connectivity index (χ0n) is 17.0. The van der Waals surface area contributed by atoms with E-state index < -0.39 is 11.7 Å². The molecule has 2 aromatic carbocycles. The number of nitrogens with zero attached hydrogens (tertiary/aromatic N) is 2. The van der Waals surface area contributed by atoms with Crippen molar-refractivity contribution >= 4 is 17.5 Å². The van der Waals surface area contributed by atoms with E-state index in [1.165, 1.54) is 0 Å². The van der Waals surface area contributed by atoms with Crippen LogP contribution in [0.2, 0.25) is 5.02 Å². The second-order valence-corrected chi connectivity index (χ2v) is 8.55. The van der Waals surface area contributed by atoms with Crippen molar-refractivity contribution in [2.45, 2.75) is 44.6 Å². The van der Waals surface area contributed by atoms with Crippen molar-refractivity contribution in [1.29, 1.82) is 0 Å². The van der Waals surface area contributed by atoms with Crippen LogP contribution in [0.1, 0.15) is 36.2 Å². The fraction of sp³-hybridized carbons (Fsp3) is 0.435. The Kier molecular flexibility index (Phi) is 6.96. The van der Waals surface area contributed by atoms with Crippen molar-refractivity contribution in [3.05, 3.63) is 70.7 Å². The summed E-state index contributed by atoms with van der Waals surface area (Å²) in [5.41, 5.74) is 0.435. The minimum absolute atomic E-state index is 0.106. The van der Waals surface area contributed by atoms with Gasteiger partial charge < -0.3 is 15.1 Å². The van der Waals surface area contributed by atoms with E-state index in [1.54, 1.807) is 29.2 Å². The molecule has 29 heavy (non-hydrogen) atoms. The number of carbonyl (C=O) groups excluding carboxylic acids is 1. The summed E-state index contributed by atoms with van der Waals surface area (Å²) in [5.74, 6) is -0.159. The van der Waals surface area contributed by atoms with Crippen LogP contribution in [0, 0.1) is 0 Å². The highest BCUT2D eigenvalue weighted by atomic mass is 35.5. The number of rotatable bonds is 6. The van der Waals surface area contributed by atoms with Gasteiger partial charge in [-0.25, -0.2) is 0 Å². The topological polar surface area (TPSA) is 64.0 Å². The Morgan fingerprint density at radius 3 is 2.45 bits per heavy atom. The van der Waals surface area contributed by atoms with E-state index in [4.69, 9.17) is 11.6 Å². The van der Waals surface area contributed by atoms with Gasteiger partial charge in [-0.2, -0.15) is 0 Å². The van der Waals surface area contributed by atoms with Gasteiger partial charge in [0.25, 0.3) is 5.91 Å². The highest BCUT2D eigenvalue weighted by Gasteiger charge is 2.43. The molecule has 3 rings (SSSR count). The van der Waals surface area contributed by atoms with Gasteiger partial charge >= 0.3 is 0 Å². The molecular formula is C23H29ClN2O3. The first kappa shape index (κ1) is 21.8. The lowest BCUT2D eigenvalue weighted by Crippen LogP contribution is -2.61. The number of aliphatic hydroxyl groups excluding tert-OH is 1. The van der Waals surface area contributed by atoms with Crippen LogP contribution in [-0.4, -0.2) is 63.3 Å². The third kappa shape index (κ3) is 5.37. The molecule has 2 atom stereocenters. The summed E-state index contributed by atoms with van der Waals surface area (Å²) in [6.07, 6.45) is -0.685. The lowest BCUT2D eigenvalue weighted by molar-refractivity contribution is -0.129. The first-order valence-corrected chi connectivity index (χ1v) is 10.4. The van der Waals surface area contributed by atoms with E-state index in [9.17, 15) is 15.0 Å². The summed E-state index contributed by atoms with van der Waals surface area (Å²) in [6.45, 7) is 5.71. The van der Waals surface area contributed by atoms with E-state index in [-0.39, 0.29) is 18.5 Å². The van der Waals surface area contributed by atoms with Crippen LogP contribution in [-0.2, 0) is 6.54 Å². The second kappa shape index (κ2) is 9.26. The van der Waals surface area contributed by atoms with E-state index >= 15 is 0 Å². The fourth-order valence-corrected chi connectivity index (χ4v) is 3.83. The molecule has 1 amide bonds. The Bertz CT molecular complexity index is 813. The molecule has 156 valence electrons. The third-order valence-corrected chi connectivity index (χ3v) is 5.89. The predicted octanol–water partition coefficient (Wildman–Crippen LogP) is 3.19. The van der Waals surface area contributed by atoms with E-state index in [0.717, 1.165) is 5.56 Å². The maximum absolute atomic E-state index is 12.7. The molecule has 0 radical (unpaired) electrons. The van der Waals surface area contributed by atoms with Gasteiger partial charge in [0.1, 0.15) is 11.7 Å². The molecule has 2 aromatic rings. The normalized spacial score (nSPS) is 22.3. The van der Waals surface area contributed by atoms with Gasteiger partial charge in [-0.15, -0.1) is 0 Å². The van der Waals surface area contributed by atoms with Crippen molar-refractivity contribution in [1.82, 2.24) is 9.80 Å². The number of halogens is 1. The van der Waals surface area contributed by atoms with Crippen LogP contribution in [0.25, 0.3) is 0 Å². The lowest BCUT2D eigenvalue weighted by Gasteiger charge is -2.45. The van der Waals surface area contributed by atoms with Crippen molar-refractivity contribution < 1.29 is 15.0 Å². The molecular weight excluding hydrogens is 388 g/mol. The van der Waals surface area contributed by atoms with Crippen molar-refractivity contribution in [3.63, 3.8) is 0 Å². The standard InChI is InChI=1S/C23H29ClN2O3/c1-17(2)26(14-18-6-4-3-5-7-18)16-23(29)12-13-25(15-21(23)27)22(28)19-8-10-20(24)11-9-19/h3-11,17,21,27,29H,12-16H2,1-2H3/t21-,23-/m0/s1. The van der Waals surface area contributed by atoms with Gasteiger partial charge in [-0.1, -0.05) is 41.9 Å². The smallest absolute Gasteiger partial charge is 0.253 e. The summed E-state index contributed by atoms with van der Waals surface area (Å²) in [6, 6.07) is 17.0. The molecule has 1 aliphatic heterocycles. The minimum atomic E-state index is -1.25. The Hall–Kier alpha value is -1.92. The Morgan fingerprint density at radius 1 is 1.21 bits per heavy atom. The van der Waals surface area contributed by atoms with Gasteiger partial charge in [0.05, 0.1) is 0 Å². The maximum atomic E-state index is 12.7. The molecule has 1 saturated heterocycles. The molecule has 0 saturated carbocycles. The SMILES string of the molecule is CC(C)N(Cc1ccccc1)C[C@@]1(O)CCN(C(=O)c2ccc(Cl)cc2)C[C@@H]1O. The summed E-state index contributed by atoms with van der Waals surface area (Å²) in [4.78, 5) is 16.5. The number of hydrogen-bond acceptors (Lipinski definition) is 4. The second-order valence-electron chi connectivity index (χ2n) is 8.11. The van der Waals surface area contributed by atoms with Gasteiger partial charge in [0, 0.05) is 42.8 Å². The Balaban J connectivity index is 1.66. The quantitative estimate of drug-likeness (QED) is 0.759.